The van der Waals surface area contributed by atoms with E-state index in [-0.39, 0.29) is 5.69 Å². The minimum Gasteiger partial charge on any atom is -0.461 e. The first-order valence-electron chi connectivity index (χ1n) is 6.26. The molecule has 0 aliphatic carbocycles. The van der Waals surface area contributed by atoms with Gasteiger partial charge in [0.1, 0.15) is 6.26 Å². The number of anilines is 1. The van der Waals surface area contributed by atoms with Crippen LogP contribution in [0, 0.1) is 5.92 Å². The maximum atomic E-state index is 11.5. The maximum Gasteiger partial charge on any atom is 0.360 e. The van der Waals surface area contributed by atoms with Crippen LogP contribution in [0.1, 0.15) is 23.8 Å². The molecule has 1 aromatic rings. The number of esters is 1. The Hall–Kier alpha value is -1.56. The summed E-state index contributed by atoms with van der Waals surface area (Å²) in [6.45, 7) is 4.91. The molecule has 0 radical (unpaired) electrons. The number of nitrogens with one attached hydrogen (secondary N) is 1. The highest BCUT2D eigenvalue weighted by atomic mass is 16.5. The first-order valence-corrected chi connectivity index (χ1v) is 6.26. The van der Waals surface area contributed by atoms with Crippen molar-refractivity contribution >= 4 is 12.0 Å². The third-order valence-corrected chi connectivity index (χ3v) is 3.03. The fourth-order valence-electron chi connectivity index (χ4n) is 2.17. The first kappa shape index (κ1) is 12.9. The summed E-state index contributed by atoms with van der Waals surface area (Å²) in [7, 11) is 1.95. The van der Waals surface area contributed by atoms with Crippen LogP contribution in [0.25, 0.3) is 0 Å². The van der Waals surface area contributed by atoms with Gasteiger partial charge in [-0.25, -0.2) is 4.79 Å². The predicted molar refractivity (Wildman–Crippen MR) is 66.7 cm³/mol. The molecule has 1 fully saturated rings. The van der Waals surface area contributed by atoms with Gasteiger partial charge in [-0.05, 0) is 32.9 Å². The van der Waals surface area contributed by atoms with Crippen LogP contribution in [0.2, 0.25) is 0 Å². The van der Waals surface area contributed by atoms with Crippen molar-refractivity contribution in [3.63, 3.8) is 0 Å². The van der Waals surface area contributed by atoms with Crippen molar-refractivity contribution in [3.05, 3.63) is 12.0 Å². The molecule has 1 saturated heterocycles. The highest BCUT2D eigenvalue weighted by Gasteiger charge is 2.26. The standard InChI is InChI=1S/C12H19N3O3/c1-3-17-11(16)10-8-18-12(14-10)15-5-4-9(7-15)6-13-2/h8-9,13H,3-7H2,1-2H3. The van der Waals surface area contributed by atoms with Crippen molar-refractivity contribution in [2.24, 2.45) is 5.92 Å². The quantitative estimate of drug-likeness (QED) is 0.786. The van der Waals surface area contributed by atoms with Crippen LogP contribution in [0.15, 0.2) is 10.7 Å². The van der Waals surface area contributed by atoms with Crippen LogP contribution in [-0.2, 0) is 4.74 Å². The highest BCUT2D eigenvalue weighted by molar-refractivity contribution is 5.87. The molecular formula is C12H19N3O3. The number of oxazole rings is 1. The normalized spacial score (nSPS) is 19.2. The number of carbonyl (C=O) groups is 1. The average Bonchev–Trinajstić information content (AvgIpc) is 2.97. The van der Waals surface area contributed by atoms with Crippen LogP contribution in [0.5, 0.6) is 0 Å². The number of carbonyl (C=O) groups excluding carboxylic acids is 1. The van der Waals surface area contributed by atoms with E-state index in [9.17, 15) is 4.79 Å². The van der Waals surface area contributed by atoms with E-state index in [2.05, 4.69) is 15.2 Å². The highest BCUT2D eigenvalue weighted by Crippen LogP contribution is 2.22. The van der Waals surface area contributed by atoms with Crippen molar-refractivity contribution in [1.82, 2.24) is 10.3 Å². The van der Waals surface area contributed by atoms with Crippen LogP contribution in [-0.4, -0.2) is 44.2 Å². The van der Waals surface area contributed by atoms with Gasteiger partial charge < -0.3 is 19.4 Å². The SMILES string of the molecule is CCOC(=O)c1coc(N2CCC(CNC)C2)n1. The van der Waals surface area contributed by atoms with E-state index in [1.165, 1.54) is 6.26 Å². The summed E-state index contributed by atoms with van der Waals surface area (Å²) in [5, 5.41) is 3.17. The van der Waals surface area contributed by atoms with E-state index in [4.69, 9.17) is 9.15 Å². The summed E-state index contributed by atoms with van der Waals surface area (Å²) in [6, 6.07) is 0.511. The molecule has 0 aromatic carbocycles. The molecule has 1 N–H and O–H groups in total. The predicted octanol–water partition coefficient (Wildman–Crippen LogP) is 0.897. The molecule has 0 amide bonds. The maximum absolute atomic E-state index is 11.5. The molecule has 1 atom stereocenters. The number of aromatic nitrogens is 1. The van der Waals surface area contributed by atoms with Gasteiger partial charge in [0.25, 0.3) is 6.01 Å². The zero-order chi connectivity index (χ0) is 13.0. The van der Waals surface area contributed by atoms with E-state index < -0.39 is 5.97 Å². The molecule has 1 aromatic heterocycles. The second-order valence-corrected chi connectivity index (χ2v) is 4.39. The van der Waals surface area contributed by atoms with Crippen molar-refractivity contribution < 1.29 is 13.9 Å². The lowest BCUT2D eigenvalue weighted by molar-refractivity contribution is 0.0519. The summed E-state index contributed by atoms with van der Waals surface area (Å²) < 4.78 is 10.2. The minimum absolute atomic E-state index is 0.240. The Morgan fingerprint density at radius 2 is 2.56 bits per heavy atom. The van der Waals surface area contributed by atoms with Gasteiger partial charge in [0, 0.05) is 13.1 Å². The average molecular weight is 253 g/mol. The zero-order valence-corrected chi connectivity index (χ0v) is 10.8. The topological polar surface area (TPSA) is 67.6 Å². The molecule has 6 heteroatoms. The van der Waals surface area contributed by atoms with Crippen LogP contribution >= 0.6 is 0 Å². The lowest BCUT2D eigenvalue weighted by atomic mass is 10.1. The molecule has 0 spiro atoms. The fourth-order valence-corrected chi connectivity index (χ4v) is 2.17. The molecular weight excluding hydrogens is 234 g/mol. The summed E-state index contributed by atoms with van der Waals surface area (Å²) in [5.41, 5.74) is 0.240. The Balaban J connectivity index is 1.96. The first-order chi connectivity index (χ1) is 8.74. The van der Waals surface area contributed by atoms with Gasteiger partial charge in [-0.1, -0.05) is 0 Å². The third-order valence-electron chi connectivity index (χ3n) is 3.03. The minimum atomic E-state index is -0.432. The summed E-state index contributed by atoms with van der Waals surface area (Å²) in [4.78, 5) is 17.7. The number of hydrogen-bond acceptors (Lipinski definition) is 6. The molecule has 6 nitrogen and oxygen atoms in total. The number of ether oxygens (including phenoxy) is 1. The molecule has 1 unspecified atom stereocenters. The molecule has 18 heavy (non-hydrogen) atoms. The van der Waals surface area contributed by atoms with Gasteiger partial charge >= 0.3 is 5.97 Å². The van der Waals surface area contributed by atoms with Crippen molar-refractivity contribution in [2.45, 2.75) is 13.3 Å². The number of rotatable bonds is 5. The summed E-state index contributed by atoms with van der Waals surface area (Å²) in [5.74, 6) is 0.173. The van der Waals surface area contributed by atoms with Gasteiger partial charge in [0.05, 0.1) is 6.61 Å². The fraction of sp³-hybridized carbons (Fsp3) is 0.667. The Labute approximate surface area is 106 Å². The zero-order valence-electron chi connectivity index (χ0n) is 10.8. The smallest absolute Gasteiger partial charge is 0.360 e. The summed E-state index contributed by atoms with van der Waals surface area (Å²) >= 11 is 0. The van der Waals surface area contributed by atoms with Crippen LogP contribution in [0.3, 0.4) is 0 Å². The van der Waals surface area contributed by atoms with Gasteiger partial charge in [0.2, 0.25) is 0 Å². The lowest BCUT2D eigenvalue weighted by Gasteiger charge is -2.13. The van der Waals surface area contributed by atoms with Gasteiger partial charge in [-0.3, -0.25) is 0 Å². The molecule has 2 rings (SSSR count). The Bertz CT molecular complexity index is 405. The second-order valence-electron chi connectivity index (χ2n) is 4.39. The van der Waals surface area contributed by atoms with Crippen molar-refractivity contribution in [1.29, 1.82) is 0 Å². The second kappa shape index (κ2) is 5.86. The molecule has 1 aliphatic heterocycles. The van der Waals surface area contributed by atoms with E-state index in [0.717, 1.165) is 26.1 Å². The van der Waals surface area contributed by atoms with E-state index in [1.54, 1.807) is 6.92 Å². The van der Waals surface area contributed by atoms with Gasteiger partial charge in [-0.2, -0.15) is 4.98 Å². The number of nitrogens with zero attached hydrogens (tertiary/aromatic N) is 2. The van der Waals surface area contributed by atoms with Crippen LogP contribution < -0.4 is 10.2 Å². The van der Waals surface area contributed by atoms with E-state index in [1.807, 2.05) is 7.05 Å². The molecule has 0 bridgehead atoms. The lowest BCUT2D eigenvalue weighted by Crippen LogP contribution is -2.24. The number of hydrogen-bond donors (Lipinski definition) is 1. The Morgan fingerprint density at radius 1 is 1.72 bits per heavy atom. The molecule has 100 valence electrons. The molecule has 0 saturated carbocycles. The largest absolute Gasteiger partial charge is 0.461 e. The Kier molecular flexibility index (Phi) is 4.19. The molecule has 1 aliphatic rings. The van der Waals surface area contributed by atoms with Crippen molar-refractivity contribution in [3.8, 4) is 0 Å². The monoisotopic (exact) mass is 253 g/mol. The third kappa shape index (κ3) is 2.81. The van der Waals surface area contributed by atoms with Crippen LogP contribution in [0.4, 0.5) is 6.01 Å². The molecule has 2 heterocycles. The van der Waals surface area contributed by atoms with Gasteiger partial charge in [-0.15, -0.1) is 0 Å². The van der Waals surface area contributed by atoms with E-state index in [0.29, 0.717) is 18.5 Å². The Morgan fingerprint density at radius 3 is 3.28 bits per heavy atom. The summed E-state index contributed by atoms with van der Waals surface area (Å²) in [6.07, 6.45) is 2.47. The van der Waals surface area contributed by atoms with Crippen molar-refractivity contribution in [2.75, 3.05) is 38.2 Å². The van der Waals surface area contributed by atoms with Gasteiger partial charge in [0.15, 0.2) is 5.69 Å². The van der Waals surface area contributed by atoms with E-state index >= 15 is 0 Å².